The third kappa shape index (κ3) is 3.06. The van der Waals surface area contributed by atoms with Crippen LogP contribution in [0.4, 0.5) is 18.9 Å². The zero-order chi connectivity index (χ0) is 13.2. The first-order chi connectivity index (χ1) is 7.73. The van der Waals surface area contributed by atoms with E-state index in [1.807, 2.05) is 0 Å². The lowest BCUT2D eigenvalue weighted by Crippen LogP contribution is -2.30. The standard InChI is InChI=1S/C8H4ClF3N2O3/c9-5-4(14-7(17)8(10,11)12)3(6(15)16)1-2-13-5/h1-2H,(H,14,17)(H,15,16). The molecule has 2 N–H and O–H groups in total. The van der Waals surface area contributed by atoms with Crippen LogP contribution in [0.1, 0.15) is 10.4 Å². The number of nitrogens with zero attached hydrogens (tertiary/aromatic N) is 1. The van der Waals surface area contributed by atoms with Crippen LogP contribution in [0.5, 0.6) is 0 Å². The van der Waals surface area contributed by atoms with Crippen LogP contribution < -0.4 is 5.32 Å². The molecule has 0 aliphatic heterocycles. The van der Waals surface area contributed by atoms with Crippen LogP contribution in [-0.2, 0) is 4.79 Å². The molecule has 17 heavy (non-hydrogen) atoms. The monoisotopic (exact) mass is 268 g/mol. The second-order valence-corrected chi connectivity index (χ2v) is 3.14. The van der Waals surface area contributed by atoms with Gasteiger partial charge in [-0.25, -0.2) is 9.78 Å². The fourth-order valence-corrected chi connectivity index (χ4v) is 1.12. The molecular weight excluding hydrogens is 265 g/mol. The molecule has 0 radical (unpaired) electrons. The van der Waals surface area contributed by atoms with Gasteiger partial charge < -0.3 is 10.4 Å². The summed E-state index contributed by atoms with van der Waals surface area (Å²) in [6.07, 6.45) is -4.15. The molecule has 0 aliphatic rings. The highest BCUT2D eigenvalue weighted by molar-refractivity contribution is 6.33. The van der Waals surface area contributed by atoms with Crippen molar-refractivity contribution < 1.29 is 27.9 Å². The van der Waals surface area contributed by atoms with Crippen molar-refractivity contribution in [2.45, 2.75) is 6.18 Å². The average molecular weight is 269 g/mol. The molecule has 0 saturated carbocycles. The fourth-order valence-electron chi connectivity index (χ4n) is 0.918. The summed E-state index contributed by atoms with van der Waals surface area (Å²) in [6.45, 7) is 0. The van der Waals surface area contributed by atoms with Gasteiger partial charge in [0, 0.05) is 6.20 Å². The number of amides is 1. The Morgan fingerprint density at radius 2 is 2.00 bits per heavy atom. The second kappa shape index (κ2) is 4.58. The number of hydrogen-bond acceptors (Lipinski definition) is 3. The van der Waals surface area contributed by atoms with E-state index < -0.39 is 34.5 Å². The molecular formula is C8H4ClF3N2O3. The van der Waals surface area contributed by atoms with E-state index in [1.165, 1.54) is 5.32 Å². The maximum Gasteiger partial charge on any atom is 0.471 e. The maximum atomic E-state index is 12.0. The molecule has 1 heterocycles. The highest BCUT2D eigenvalue weighted by Gasteiger charge is 2.39. The molecule has 1 aromatic heterocycles. The first kappa shape index (κ1) is 13.2. The molecule has 1 rings (SSSR count). The quantitative estimate of drug-likeness (QED) is 0.803. The number of aromatic nitrogens is 1. The topological polar surface area (TPSA) is 79.3 Å². The first-order valence-corrected chi connectivity index (χ1v) is 4.37. The lowest BCUT2D eigenvalue weighted by atomic mass is 10.2. The largest absolute Gasteiger partial charge is 0.478 e. The number of carboxylic acid groups (broad SMARTS) is 1. The van der Waals surface area contributed by atoms with Crippen molar-refractivity contribution in [3.05, 3.63) is 23.0 Å². The van der Waals surface area contributed by atoms with E-state index in [4.69, 9.17) is 16.7 Å². The zero-order valence-electron chi connectivity index (χ0n) is 7.88. The Morgan fingerprint density at radius 3 is 2.47 bits per heavy atom. The van der Waals surface area contributed by atoms with Crippen molar-refractivity contribution in [1.82, 2.24) is 4.98 Å². The molecule has 1 aromatic rings. The van der Waals surface area contributed by atoms with E-state index in [9.17, 15) is 22.8 Å². The number of alkyl halides is 3. The highest BCUT2D eigenvalue weighted by atomic mass is 35.5. The molecule has 0 unspecified atom stereocenters. The number of anilines is 1. The van der Waals surface area contributed by atoms with Gasteiger partial charge in [0.1, 0.15) is 0 Å². The lowest BCUT2D eigenvalue weighted by Gasteiger charge is -2.10. The summed E-state index contributed by atoms with van der Waals surface area (Å²) < 4.78 is 35.9. The molecule has 5 nitrogen and oxygen atoms in total. The number of aromatic carboxylic acids is 1. The van der Waals surface area contributed by atoms with Gasteiger partial charge in [0.25, 0.3) is 0 Å². The summed E-state index contributed by atoms with van der Waals surface area (Å²) >= 11 is 5.41. The number of pyridine rings is 1. The number of rotatable bonds is 2. The van der Waals surface area contributed by atoms with Crippen LogP contribution in [0, 0.1) is 0 Å². The van der Waals surface area contributed by atoms with Crippen LogP contribution >= 0.6 is 11.6 Å². The molecule has 9 heteroatoms. The Balaban J connectivity index is 3.14. The molecule has 0 spiro atoms. The summed E-state index contributed by atoms with van der Waals surface area (Å²) in [4.78, 5) is 24.7. The van der Waals surface area contributed by atoms with Gasteiger partial charge in [0.15, 0.2) is 5.15 Å². The normalized spacial score (nSPS) is 11.1. The smallest absolute Gasteiger partial charge is 0.471 e. The Kier molecular flexibility index (Phi) is 3.56. The van der Waals surface area contributed by atoms with Crippen LogP contribution in [0.25, 0.3) is 0 Å². The van der Waals surface area contributed by atoms with E-state index in [-0.39, 0.29) is 0 Å². The molecule has 0 fully saturated rings. The van der Waals surface area contributed by atoms with Crippen molar-refractivity contribution in [3.63, 3.8) is 0 Å². The third-order valence-electron chi connectivity index (χ3n) is 1.63. The summed E-state index contributed by atoms with van der Waals surface area (Å²) in [6, 6.07) is 0.917. The lowest BCUT2D eigenvalue weighted by molar-refractivity contribution is -0.167. The Hall–Kier alpha value is -1.83. The SMILES string of the molecule is O=C(O)c1ccnc(Cl)c1NC(=O)C(F)(F)F. The number of carboxylic acids is 1. The van der Waals surface area contributed by atoms with Crippen molar-refractivity contribution in [2.75, 3.05) is 5.32 Å². The van der Waals surface area contributed by atoms with E-state index in [0.29, 0.717) is 0 Å². The zero-order valence-corrected chi connectivity index (χ0v) is 8.63. The summed E-state index contributed by atoms with van der Waals surface area (Å²) in [5, 5.41) is 9.51. The van der Waals surface area contributed by atoms with Gasteiger partial charge in [-0.15, -0.1) is 0 Å². The number of halogens is 4. The van der Waals surface area contributed by atoms with Crippen LogP contribution in [-0.4, -0.2) is 28.1 Å². The van der Waals surface area contributed by atoms with Crippen LogP contribution in [0.2, 0.25) is 5.15 Å². The van der Waals surface area contributed by atoms with Gasteiger partial charge >= 0.3 is 18.1 Å². The van der Waals surface area contributed by atoms with Crippen molar-refractivity contribution in [2.24, 2.45) is 0 Å². The first-order valence-electron chi connectivity index (χ1n) is 3.99. The molecule has 1 amide bonds. The minimum Gasteiger partial charge on any atom is -0.478 e. The van der Waals surface area contributed by atoms with E-state index >= 15 is 0 Å². The molecule has 0 aromatic carbocycles. The van der Waals surface area contributed by atoms with Crippen molar-refractivity contribution in [1.29, 1.82) is 0 Å². The van der Waals surface area contributed by atoms with Gasteiger partial charge in [0.2, 0.25) is 0 Å². The fraction of sp³-hybridized carbons (Fsp3) is 0.125. The number of nitrogens with one attached hydrogen (secondary N) is 1. The minimum atomic E-state index is -5.14. The molecule has 0 bridgehead atoms. The van der Waals surface area contributed by atoms with Gasteiger partial charge in [-0.3, -0.25) is 4.79 Å². The summed E-state index contributed by atoms with van der Waals surface area (Å²) in [7, 11) is 0. The van der Waals surface area contributed by atoms with Crippen molar-refractivity contribution in [3.8, 4) is 0 Å². The Morgan fingerprint density at radius 1 is 1.41 bits per heavy atom. The van der Waals surface area contributed by atoms with Gasteiger partial charge in [-0.05, 0) is 6.07 Å². The van der Waals surface area contributed by atoms with Crippen LogP contribution in [0.15, 0.2) is 12.3 Å². The Labute approximate surface area is 97.2 Å². The highest BCUT2D eigenvalue weighted by Crippen LogP contribution is 2.26. The second-order valence-electron chi connectivity index (χ2n) is 2.78. The van der Waals surface area contributed by atoms with Gasteiger partial charge in [-0.1, -0.05) is 11.6 Å². The number of carbonyl (C=O) groups is 2. The summed E-state index contributed by atoms with van der Waals surface area (Å²) in [5.74, 6) is -3.86. The molecule has 92 valence electrons. The summed E-state index contributed by atoms with van der Waals surface area (Å²) in [5.41, 5.74) is -1.27. The third-order valence-corrected chi connectivity index (χ3v) is 1.92. The Bertz CT molecular complexity index is 476. The molecule has 0 atom stereocenters. The average Bonchev–Trinajstić information content (AvgIpc) is 2.18. The predicted molar refractivity (Wildman–Crippen MR) is 50.9 cm³/mol. The molecule has 0 saturated heterocycles. The number of carbonyl (C=O) groups excluding carboxylic acids is 1. The minimum absolute atomic E-state index is 0.539. The van der Waals surface area contributed by atoms with Crippen molar-refractivity contribution >= 4 is 29.2 Å². The molecule has 0 aliphatic carbocycles. The maximum absolute atomic E-state index is 12.0. The predicted octanol–water partition coefficient (Wildman–Crippen LogP) is 1.93. The van der Waals surface area contributed by atoms with Gasteiger partial charge in [0.05, 0.1) is 11.3 Å². The van der Waals surface area contributed by atoms with E-state index in [0.717, 1.165) is 12.3 Å². The van der Waals surface area contributed by atoms with E-state index in [2.05, 4.69) is 4.98 Å². The van der Waals surface area contributed by atoms with Gasteiger partial charge in [-0.2, -0.15) is 13.2 Å². The van der Waals surface area contributed by atoms with E-state index in [1.54, 1.807) is 0 Å². The van der Waals surface area contributed by atoms with Crippen LogP contribution in [0.3, 0.4) is 0 Å². The number of hydrogen-bond donors (Lipinski definition) is 2.